The number of hydrogen-bond acceptors (Lipinski definition) is 1. The Morgan fingerprint density at radius 2 is 1.80 bits per heavy atom. The van der Waals surface area contributed by atoms with E-state index in [1.54, 1.807) is 0 Å². The fourth-order valence-corrected chi connectivity index (χ4v) is 1.90. The molecule has 0 fully saturated rings. The maximum Gasteiger partial charge on any atom is 0.231 e. The smallest absolute Gasteiger partial charge is 0.231 e. The van der Waals surface area contributed by atoms with Crippen LogP contribution in [-0.4, -0.2) is 4.98 Å². The molecule has 0 unspecified atom stereocenters. The van der Waals surface area contributed by atoms with Gasteiger partial charge in [0, 0.05) is 6.07 Å². The van der Waals surface area contributed by atoms with Gasteiger partial charge in [-0.05, 0) is 16.8 Å². The van der Waals surface area contributed by atoms with Crippen LogP contribution in [0.25, 0.3) is 21.8 Å². The Morgan fingerprint density at radius 3 is 2.60 bits per heavy atom. The van der Waals surface area contributed by atoms with Gasteiger partial charge in [0.1, 0.15) is 12.6 Å². The van der Waals surface area contributed by atoms with Gasteiger partial charge in [-0.2, -0.15) is 4.57 Å². The first-order chi connectivity index (χ1) is 7.34. The van der Waals surface area contributed by atoms with Gasteiger partial charge in [-0.3, -0.25) is 0 Å². The van der Waals surface area contributed by atoms with E-state index in [-0.39, 0.29) is 0 Å². The van der Waals surface area contributed by atoms with E-state index in [9.17, 15) is 0 Å². The molecule has 0 aliphatic heterocycles. The van der Waals surface area contributed by atoms with Crippen molar-refractivity contribution in [2.45, 2.75) is 0 Å². The third kappa shape index (κ3) is 1.26. The van der Waals surface area contributed by atoms with Crippen molar-refractivity contribution in [3.63, 3.8) is 0 Å². The monoisotopic (exact) mass is 195 g/mol. The first kappa shape index (κ1) is 8.36. The zero-order chi connectivity index (χ0) is 10.3. The first-order valence-electron chi connectivity index (χ1n) is 4.98. The van der Waals surface area contributed by atoms with Crippen LogP contribution < -0.4 is 4.57 Å². The summed E-state index contributed by atoms with van der Waals surface area (Å²) in [5.74, 6) is 0. The number of benzene rings is 2. The lowest BCUT2D eigenvalue weighted by atomic mass is 10.1. The molecular weight excluding hydrogens is 184 g/mol. The van der Waals surface area contributed by atoms with Crippen LogP contribution >= 0.6 is 0 Å². The van der Waals surface area contributed by atoms with Crippen molar-refractivity contribution in [1.29, 1.82) is 0 Å². The van der Waals surface area contributed by atoms with Gasteiger partial charge >= 0.3 is 0 Å². The Balaban J connectivity index is 2.53. The van der Waals surface area contributed by atoms with Gasteiger partial charge in [0.15, 0.2) is 6.20 Å². The predicted molar refractivity (Wildman–Crippen MR) is 60.4 cm³/mol. The average Bonchev–Trinajstić information content (AvgIpc) is 2.27. The summed E-state index contributed by atoms with van der Waals surface area (Å²) in [6, 6.07) is 12.7. The Labute approximate surface area is 87.8 Å². The Morgan fingerprint density at radius 1 is 1.07 bits per heavy atom. The van der Waals surface area contributed by atoms with Crippen LogP contribution in [0.2, 0.25) is 0 Å². The van der Waals surface area contributed by atoms with Crippen LogP contribution in [0.3, 0.4) is 0 Å². The normalized spacial score (nSPS) is 11.0. The third-order valence-corrected chi connectivity index (χ3v) is 2.73. The molecule has 0 aliphatic carbocycles. The van der Waals surface area contributed by atoms with E-state index in [1.807, 2.05) is 19.4 Å². The third-order valence-electron chi connectivity index (χ3n) is 2.73. The van der Waals surface area contributed by atoms with Crippen molar-refractivity contribution in [3.8, 4) is 0 Å². The number of nitrogens with zero attached hydrogens (tertiary/aromatic N) is 2. The van der Waals surface area contributed by atoms with Crippen LogP contribution in [0.1, 0.15) is 0 Å². The van der Waals surface area contributed by atoms with Crippen molar-refractivity contribution < 1.29 is 4.57 Å². The zero-order valence-electron chi connectivity index (χ0n) is 8.51. The summed E-state index contributed by atoms with van der Waals surface area (Å²) in [5, 5.41) is 2.50. The largest absolute Gasteiger partial charge is 0.244 e. The zero-order valence-corrected chi connectivity index (χ0v) is 8.51. The van der Waals surface area contributed by atoms with Crippen molar-refractivity contribution in [1.82, 2.24) is 4.98 Å². The summed E-state index contributed by atoms with van der Waals surface area (Å²) in [6.07, 6.45) is 3.80. The first-order valence-corrected chi connectivity index (χ1v) is 4.98. The molecule has 0 radical (unpaired) electrons. The Hall–Kier alpha value is -1.96. The molecule has 0 atom stereocenters. The topological polar surface area (TPSA) is 16.8 Å². The summed E-state index contributed by atoms with van der Waals surface area (Å²) in [6.45, 7) is 0. The number of hydrogen-bond donors (Lipinski definition) is 0. The Bertz CT molecular complexity index is 644. The van der Waals surface area contributed by atoms with Crippen molar-refractivity contribution in [3.05, 3.63) is 48.8 Å². The fraction of sp³-hybridized carbons (Fsp3) is 0.0769. The lowest BCUT2D eigenvalue weighted by Crippen LogP contribution is -2.28. The summed E-state index contributed by atoms with van der Waals surface area (Å²) in [5.41, 5.74) is 2.20. The number of rotatable bonds is 0. The second kappa shape index (κ2) is 3.02. The molecule has 1 aromatic heterocycles. The van der Waals surface area contributed by atoms with E-state index in [0.717, 1.165) is 11.0 Å². The number of aryl methyl sites for hydroxylation is 1. The van der Waals surface area contributed by atoms with Crippen molar-refractivity contribution in [2.75, 3.05) is 0 Å². The molecule has 3 aromatic rings. The summed E-state index contributed by atoms with van der Waals surface area (Å²) >= 11 is 0. The van der Waals surface area contributed by atoms with Crippen molar-refractivity contribution >= 4 is 21.8 Å². The molecule has 0 N–H and O–H groups in total. The molecule has 15 heavy (non-hydrogen) atoms. The molecule has 72 valence electrons. The van der Waals surface area contributed by atoms with Gasteiger partial charge in [0.2, 0.25) is 5.52 Å². The highest BCUT2D eigenvalue weighted by Crippen LogP contribution is 2.18. The standard InChI is InChI=1S/C13H11N2/c1-15-7-6-14-12-8-10-4-2-3-5-11(10)9-13(12)15/h2-9H,1H3/q+1. The predicted octanol–water partition coefficient (Wildman–Crippen LogP) is 2.21. The fourth-order valence-electron chi connectivity index (χ4n) is 1.90. The number of fused-ring (bicyclic) bond motifs is 2. The molecule has 0 spiro atoms. The van der Waals surface area contributed by atoms with E-state index in [2.05, 4.69) is 45.9 Å². The molecule has 0 bridgehead atoms. The van der Waals surface area contributed by atoms with E-state index in [4.69, 9.17) is 0 Å². The lowest BCUT2D eigenvalue weighted by molar-refractivity contribution is -0.645. The maximum atomic E-state index is 4.37. The Kier molecular flexibility index (Phi) is 1.68. The lowest BCUT2D eigenvalue weighted by Gasteiger charge is -1.99. The van der Waals surface area contributed by atoms with Crippen LogP contribution in [0, 0.1) is 0 Å². The second-order valence-electron chi connectivity index (χ2n) is 3.73. The molecule has 0 aliphatic rings. The van der Waals surface area contributed by atoms with Gasteiger partial charge < -0.3 is 0 Å². The van der Waals surface area contributed by atoms with Gasteiger partial charge in [0.05, 0.1) is 6.20 Å². The SMILES string of the molecule is C[n+]1ccnc2cc3ccccc3cc21. The highest BCUT2D eigenvalue weighted by atomic mass is 14.9. The van der Waals surface area contributed by atoms with E-state index in [1.165, 1.54) is 10.8 Å². The molecule has 2 nitrogen and oxygen atoms in total. The van der Waals surface area contributed by atoms with Crippen LogP contribution in [-0.2, 0) is 7.05 Å². The van der Waals surface area contributed by atoms with E-state index >= 15 is 0 Å². The quantitative estimate of drug-likeness (QED) is 0.397. The molecule has 3 rings (SSSR count). The maximum absolute atomic E-state index is 4.37. The number of aromatic nitrogens is 2. The van der Waals surface area contributed by atoms with E-state index in [0.29, 0.717) is 0 Å². The van der Waals surface area contributed by atoms with Crippen molar-refractivity contribution in [2.24, 2.45) is 7.05 Å². The van der Waals surface area contributed by atoms with Gasteiger partial charge in [-0.1, -0.05) is 24.3 Å². The minimum Gasteiger partial charge on any atom is -0.244 e. The average molecular weight is 195 g/mol. The highest BCUT2D eigenvalue weighted by molar-refractivity contribution is 5.93. The van der Waals surface area contributed by atoms with Gasteiger partial charge in [0.25, 0.3) is 0 Å². The molecular formula is C13H11N2+. The molecule has 0 amide bonds. The summed E-state index contributed by atoms with van der Waals surface area (Å²) in [7, 11) is 2.04. The minimum atomic E-state index is 1.04. The molecule has 0 saturated heterocycles. The minimum absolute atomic E-state index is 1.04. The summed E-state index contributed by atoms with van der Waals surface area (Å²) < 4.78 is 2.09. The highest BCUT2D eigenvalue weighted by Gasteiger charge is 2.05. The summed E-state index contributed by atoms with van der Waals surface area (Å²) in [4.78, 5) is 4.37. The van der Waals surface area contributed by atoms with Crippen LogP contribution in [0.4, 0.5) is 0 Å². The van der Waals surface area contributed by atoms with Crippen LogP contribution in [0.5, 0.6) is 0 Å². The second-order valence-corrected chi connectivity index (χ2v) is 3.73. The van der Waals surface area contributed by atoms with Crippen LogP contribution in [0.15, 0.2) is 48.8 Å². The molecule has 2 aromatic carbocycles. The molecule has 0 saturated carbocycles. The van der Waals surface area contributed by atoms with Gasteiger partial charge in [-0.25, -0.2) is 4.98 Å². The van der Waals surface area contributed by atoms with E-state index < -0.39 is 0 Å². The molecule has 1 heterocycles. The molecule has 2 heteroatoms. The van der Waals surface area contributed by atoms with Gasteiger partial charge in [-0.15, -0.1) is 0 Å².